The van der Waals surface area contributed by atoms with Crippen molar-refractivity contribution in [3.05, 3.63) is 0 Å². The fourth-order valence-corrected chi connectivity index (χ4v) is 1.52. The van der Waals surface area contributed by atoms with Crippen molar-refractivity contribution in [2.24, 2.45) is 0 Å². The quantitative estimate of drug-likeness (QED) is 0.574. The van der Waals surface area contributed by atoms with Crippen molar-refractivity contribution in [2.45, 2.75) is 51.1 Å². The average Bonchev–Trinajstić information content (AvgIpc) is 2.46. The number of hydrogen-bond donors (Lipinski definition) is 1. The highest BCUT2D eigenvalue weighted by molar-refractivity contribution is 4.90. The molecule has 1 N–H and O–H groups in total. The van der Waals surface area contributed by atoms with Crippen molar-refractivity contribution in [3.8, 4) is 0 Å². The lowest BCUT2D eigenvalue weighted by Gasteiger charge is -2.20. The molecule has 0 aromatic rings. The van der Waals surface area contributed by atoms with Crippen molar-refractivity contribution in [1.29, 1.82) is 0 Å². The van der Waals surface area contributed by atoms with E-state index in [0.29, 0.717) is 0 Å². The highest BCUT2D eigenvalue weighted by Crippen LogP contribution is 2.36. The number of ether oxygens (including phenoxy) is 3. The first-order chi connectivity index (χ1) is 6.41. The van der Waals surface area contributed by atoms with Crippen LogP contribution in [0, 0.1) is 0 Å². The van der Waals surface area contributed by atoms with Crippen LogP contribution in [0.4, 0.5) is 0 Å². The number of aliphatic hydroxyl groups excluding tert-OH is 1. The number of rotatable bonds is 0. The van der Waals surface area contributed by atoms with Gasteiger partial charge in [0.1, 0.15) is 12.2 Å². The zero-order chi connectivity index (χ0) is 10.5. The molecule has 0 bridgehead atoms. The zero-order valence-corrected chi connectivity index (χ0v) is 7.06. The molecule has 70 valence electrons. The van der Waals surface area contributed by atoms with Crippen molar-refractivity contribution in [3.63, 3.8) is 0 Å². The van der Waals surface area contributed by atoms with E-state index in [4.69, 9.17) is 17.0 Å². The molecule has 0 amide bonds. The van der Waals surface area contributed by atoms with Gasteiger partial charge in [-0.3, -0.25) is 0 Å². The van der Waals surface area contributed by atoms with Crippen LogP contribution in [-0.4, -0.2) is 35.5 Å². The molecule has 2 rings (SSSR count). The lowest BCUT2D eigenvalue weighted by atomic mass is 10.2. The largest absolute Gasteiger partial charge is 0.387 e. The smallest absolute Gasteiger partial charge is 0.190 e. The zero-order valence-electron chi connectivity index (χ0n) is 9.06. The fraction of sp³-hybridized carbons (Fsp3) is 1.00. The number of aliphatic hydroxyl groups is 1. The van der Waals surface area contributed by atoms with Gasteiger partial charge in [0.25, 0.3) is 0 Å². The van der Waals surface area contributed by atoms with Crippen LogP contribution in [0.1, 0.15) is 23.5 Å². The summed E-state index contributed by atoms with van der Waals surface area (Å²) < 4.78 is 30.3. The van der Waals surface area contributed by atoms with Crippen molar-refractivity contribution in [1.82, 2.24) is 0 Å². The van der Waals surface area contributed by atoms with Crippen LogP contribution < -0.4 is 0 Å². The predicted molar refractivity (Wildman–Crippen MR) is 40.4 cm³/mol. The minimum atomic E-state index is -1.23. The van der Waals surface area contributed by atoms with Crippen LogP contribution >= 0.6 is 0 Å². The first-order valence-electron chi connectivity index (χ1n) is 5.10. The van der Waals surface area contributed by atoms with Crippen LogP contribution in [0.5, 0.6) is 0 Å². The van der Waals surface area contributed by atoms with Crippen molar-refractivity contribution >= 4 is 0 Å². The molecule has 2 saturated heterocycles. The molecule has 2 aliphatic rings. The van der Waals surface area contributed by atoms with E-state index in [0.717, 1.165) is 0 Å². The maximum atomic E-state index is 9.69. The molecule has 12 heavy (non-hydrogen) atoms. The van der Waals surface area contributed by atoms with Gasteiger partial charge in [-0.2, -0.15) is 0 Å². The summed E-state index contributed by atoms with van der Waals surface area (Å²) in [4.78, 5) is 0. The van der Waals surface area contributed by atoms with E-state index >= 15 is 0 Å². The third kappa shape index (κ3) is 1.15. The Labute approximate surface area is 74.2 Å². The molecule has 1 unspecified atom stereocenters. The van der Waals surface area contributed by atoms with Gasteiger partial charge >= 0.3 is 0 Å². The molecule has 0 aromatic heterocycles. The Hall–Kier alpha value is -0.160. The van der Waals surface area contributed by atoms with Crippen molar-refractivity contribution in [2.75, 3.05) is 0 Å². The molecule has 4 heteroatoms. The van der Waals surface area contributed by atoms with Crippen LogP contribution in [0.25, 0.3) is 0 Å². The summed E-state index contributed by atoms with van der Waals surface area (Å²) in [7, 11) is 0. The van der Waals surface area contributed by atoms with Gasteiger partial charge in [-0.25, -0.2) is 0 Å². The molecule has 0 saturated carbocycles. The Kier molecular flexibility index (Phi) is 1.27. The third-order valence-electron chi connectivity index (χ3n) is 2.05. The van der Waals surface area contributed by atoms with Gasteiger partial charge < -0.3 is 19.3 Å². The van der Waals surface area contributed by atoms with E-state index in [-0.39, 0.29) is 0 Å². The molecule has 2 fully saturated rings. The standard InChI is InChI=1S/C8H14O4/c1-4-5(9)6-7(10-4)12-8(2,3)11-6/h4-7,9H,1-3H3/t4-,5?,6+,7+/m1/s1/i1D2. The van der Waals surface area contributed by atoms with Gasteiger partial charge in [-0.05, 0) is 20.7 Å². The highest BCUT2D eigenvalue weighted by Gasteiger charge is 2.52. The van der Waals surface area contributed by atoms with Gasteiger partial charge in [0.15, 0.2) is 12.1 Å². The van der Waals surface area contributed by atoms with Gasteiger partial charge in [0.05, 0.1) is 6.10 Å². The molecular weight excluding hydrogens is 160 g/mol. The summed E-state index contributed by atoms with van der Waals surface area (Å²) >= 11 is 0. The highest BCUT2D eigenvalue weighted by atomic mass is 16.8. The summed E-state index contributed by atoms with van der Waals surface area (Å²) in [5, 5.41) is 9.69. The maximum absolute atomic E-state index is 9.69. The normalized spacial score (nSPS) is 53.7. The summed E-state index contributed by atoms with van der Waals surface area (Å²) in [5.41, 5.74) is 0. The Morgan fingerprint density at radius 1 is 1.42 bits per heavy atom. The molecule has 2 heterocycles. The number of hydrogen-bond acceptors (Lipinski definition) is 4. The van der Waals surface area contributed by atoms with Crippen molar-refractivity contribution < 1.29 is 22.1 Å². The Balaban J connectivity index is 2.08. The molecule has 0 spiro atoms. The molecule has 4 nitrogen and oxygen atoms in total. The monoisotopic (exact) mass is 176 g/mol. The molecule has 0 aliphatic carbocycles. The Morgan fingerprint density at radius 2 is 2.17 bits per heavy atom. The van der Waals surface area contributed by atoms with E-state index in [1.165, 1.54) is 0 Å². The molecule has 4 atom stereocenters. The van der Waals surface area contributed by atoms with E-state index < -0.39 is 37.3 Å². The van der Waals surface area contributed by atoms with Gasteiger partial charge in [0.2, 0.25) is 0 Å². The first-order valence-corrected chi connectivity index (χ1v) is 3.94. The molecule has 0 radical (unpaired) electrons. The van der Waals surface area contributed by atoms with E-state index in [9.17, 15) is 5.11 Å². The summed E-state index contributed by atoms with van der Waals surface area (Å²) in [5.74, 6) is -0.763. The second kappa shape index (κ2) is 2.42. The Bertz CT molecular complexity index is 231. The van der Waals surface area contributed by atoms with Gasteiger partial charge in [-0.1, -0.05) is 0 Å². The minimum Gasteiger partial charge on any atom is -0.387 e. The van der Waals surface area contributed by atoms with E-state index in [2.05, 4.69) is 0 Å². The third-order valence-corrected chi connectivity index (χ3v) is 2.05. The fourth-order valence-electron chi connectivity index (χ4n) is 1.52. The van der Waals surface area contributed by atoms with E-state index in [1.807, 2.05) is 0 Å². The van der Waals surface area contributed by atoms with Crippen LogP contribution in [0.2, 0.25) is 0 Å². The van der Waals surface area contributed by atoms with Gasteiger partial charge in [-0.15, -0.1) is 0 Å². The average molecular weight is 176 g/mol. The minimum absolute atomic E-state index is 0.576. The second-order valence-electron chi connectivity index (χ2n) is 3.56. The lowest BCUT2D eigenvalue weighted by molar-refractivity contribution is -0.212. The SMILES string of the molecule is [2H]C([2H])[C@H]1O[C@H]2OC(C)(C)O[C@H]2C1O. The molecular formula is C8H14O4. The first kappa shape index (κ1) is 6.32. The second-order valence-corrected chi connectivity index (χ2v) is 3.56. The molecule has 0 aromatic carbocycles. The summed E-state index contributed by atoms with van der Waals surface area (Å²) in [6, 6.07) is 0. The number of fused-ring (bicyclic) bond motifs is 1. The predicted octanol–water partition coefficient (Wildman–Crippen LogP) is 0.244. The van der Waals surface area contributed by atoms with E-state index in [1.54, 1.807) is 13.8 Å². The van der Waals surface area contributed by atoms with Crippen LogP contribution in [-0.2, 0) is 14.2 Å². The lowest BCUT2D eigenvalue weighted by Crippen LogP contribution is -2.33. The molecule has 2 aliphatic heterocycles. The summed E-state index contributed by atoms with van der Waals surface area (Å²) in [6.07, 6.45) is -3.03. The topological polar surface area (TPSA) is 47.9 Å². The maximum Gasteiger partial charge on any atom is 0.190 e. The summed E-state index contributed by atoms with van der Waals surface area (Å²) in [6.45, 7) is 2.23. The van der Waals surface area contributed by atoms with Crippen LogP contribution in [0.15, 0.2) is 0 Å². The van der Waals surface area contributed by atoms with Crippen LogP contribution in [0.3, 0.4) is 0 Å². The Morgan fingerprint density at radius 3 is 2.75 bits per heavy atom. The van der Waals surface area contributed by atoms with Gasteiger partial charge in [0, 0.05) is 2.74 Å².